The van der Waals surface area contributed by atoms with Gasteiger partial charge in [-0.2, -0.15) is 5.10 Å². The van der Waals surface area contributed by atoms with Crippen molar-refractivity contribution in [3.8, 4) is 17.2 Å². The SMILES string of the molecule is C1CCCC1.CO.COc1cc(O)c(C=O)c(OCC(=O)Nc2ccn[nH]2)c1.O=CNC1COC1. The van der Waals surface area contributed by atoms with Crippen LogP contribution >= 0.6 is 0 Å². The van der Waals surface area contributed by atoms with E-state index in [0.29, 0.717) is 37.5 Å². The van der Waals surface area contributed by atoms with E-state index in [0.717, 1.165) is 7.11 Å². The van der Waals surface area contributed by atoms with Crippen LogP contribution in [0.3, 0.4) is 0 Å². The maximum atomic E-state index is 11.7. The molecule has 0 atom stereocenters. The zero-order chi connectivity index (χ0) is 25.9. The number of hydrogen-bond acceptors (Lipinski definition) is 9. The molecule has 0 unspecified atom stereocenters. The number of ether oxygens (including phenoxy) is 3. The first kappa shape index (κ1) is 29.4. The van der Waals surface area contributed by atoms with E-state index in [4.69, 9.17) is 19.3 Å². The Hall–Kier alpha value is -3.64. The number of phenolic OH excluding ortho intramolecular Hbond substituents is 1. The van der Waals surface area contributed by atoms with Crippen LogP contribution in [0.4, 0.5) is 5.82 Å². The maximum Gasteiger partial charge on any atom is 0.263 e. The highest BCUT2D eigenvalue weighted by Gasteiger charge is 2.16. The van der Waals surface area contributed by atoms with Gasteiger partial charge in [0.05, 0.1) is 38.1 Å². The largest absolute Gasteiger partial charge is 0.507 e. The highest BCUT2D eigenvalue weighted by atomic mass is 16.5. The molecule has 0 radical (unpaired) electrons. The molecule has 1 saturated carbocycles. The van der Waals surface area contributed by atoms with E-state index in [-0.39, 0.29) is 29.7 Å². The van der Waals surface area contributed by atoms with Gasteiger partial charge in [-0.1, -0.05) is 32.1 Å². The molecule has 12 nitrogen and oxygen atoms in total. The van der Waals surface area contributed by atoms with Gasteiger partial charge in [0.15, 0.2) is 12.9 Å². The van der Waals surface area contributed by atoms with Crippen LogP contribution in [0.1, 0.15) is 42.5 Å². The minimum atomic E-state index is -0.446. The Bertz CT molecular complexity index is 861. The highest BCUT2D eigenvalue weighted by Crippen LogP contribution is 2.31. The number of aromatic hydroxyl groups is 1. The van der Waals surface area contributed by atoms with Gasteiger partial charge in [0.25, 0.3) is 5.91 Å². The van der Waals surface area contributed by atoms with Crippen molar-refractivity contribution in [3.63, 3.8) is 0 Å². The number of benzene rings is 1. The van der Waals surface area contributed by atoms with Gasteiger partial charge in [0.1, 0.15) is 23.1 Å². The topological polar surface area (TPSA) is 172 Å². The molecule has 35 heavy (non-hydrogen) atoms. The summed E-state index contributed by atoms with van der Waals surface area (Å²) in [4.78, 5) is 32.3. The summed E-state index contributed by atoms with van der Waals surface area (Å²) < 4.78 is 15.0. The monoisotopic (exact) mass is 494 g/mol. The molecule has 1 aromatic carbocycles. The van der Waals surface area contributed by atoms with Crippen LogP contribution in [0.25, 0.3) is 0 Å². The fourth-order valence-electron chi connectivity index (χ4n) is 2.91. The number of carbonyl (C=O) groups is 3. The molecular weight excluding hydrogens is 460 g/mol. The van der Waals surface area contributed by atoms with Gasteiger partial charge in [-0.25, -0.2) is 0 Å². The number of rotatable bonds is 8. The van der Waals surface area contributed by atoms with Crippen LogP contribution in [-0.4, -0.2) is 79.1 Å². The van der Waals surface area contributed by atoms with E-state index in [2.05, 4.69) is 20.8 Å². The van der Waals surface area contributed by atoms with Gasteiger partial charge in [0, 0.05) is 25.3 Å². The van der Waals surface area contributed by atoms with Gasteiger partial charge in [0.2, 0.25) is 6.41 Å². The third kappa shape index (κ3) is 11.4. The normalized spacial score (nSPS) is 13.7. The minimum absolute atomic E-state index is 0.0508. The number of H-pyrrole nitrogens is 1. The Morgan fingerprint density at radius 3 is 2.29 bits per heavy atom. The van der Waals surface area contributed by atoms with Crippen molar-refractivity contribution in [2.45, 2.75) is 38.1 Å². The molecule has 0 spiro atoms. The summed E-state index contributed by atoms with van der Waals surface area (Å²) in [7, 11) is 2.41. The molecular formula is C23H34N4O8. The summed E-state index contributed by atoms with van der Waals surface area (Å²) in [6.45, 7) is 1.02. The Balaban J connectivity index is 0.000000353. The van der Waals surface area contributed by atoms with Crippen molar-refractivity contribution < 1.29 is 38.8 Å². The molecule has 1 aromatic heterocycles. The number of anilines is 1. The second kappa shape index (κ2) is 17.8. The lowest BCUT2D eigenvalue weighted by Crippen LogP contribution is -2.45. The number of methoxy groups -OCH3 is 1. The minimum Gasteiger partial charge on any atom is -0.507 e. The summed E-state index contributed by atoms with van der Waals surface area (Å²) >= 11 is 0. The third-order valence-electron chi connectivity index (χ3n) is 4.77. The van der Waals surface area contributed by atoms with Crippen molar-refractivity contribution in [1.29, 1.82) is 0 Å². The molecule has 1 aliphatic heterocycles. The summed E-state index contributed by atoms with van der Waals surface area (Å²) in [6, 6.07) is 4.55. The predicted molar refractivity (Wildman–Crippen MR) is 128 cm³/mol. The van der Waals surface area contributed by atoms with Crippen molar-refractivity contribution >= 4 is 24.4 Å². The second-order valence-corrected chi connectivity index (χ2v) is 7.27. The highest BCUT2D eigenvalue weighted by molar-refractivity contribution is 5.91. The van der Waals surface area contributed by atoms with E-state index in [9.17, 15) is 19.5 Å². The number of nitrogens with one attached hydrogen (secondary N) is 3. The van der Waals surface area contributed by atoms with Crippen LogP contribution in [0.5, 0.6) is 17.2 Å². The molecule has 2 fully saturated rings. The Kier molecular flexibility index (Phi) is 14.9. The van der Waals surface area contributed by atoms with Crippen LogP contribution in [0.15, 0.2) is 24.4 Å². The maximum absolute atomic E-state index is 11.7. The Morgan fingerprint density at radius 1 is 1.20 bits per heavy atom. The fraction of sp³-hybridized carbons (Fsp3) is 0.478. The lowest BCUT2D eigenvalue weighted by Gasteiger charge is -2.24. The quantitative estimate of drug-likeness (QED) is 0.342. The first-order valence-electron chi connectivity index (χ1n) is 11.1. The van der Waals surface area contributed by atoms with Crippen LogP contribution < -0.4 is 20.1 Å². The van der Waals surface area contributed by atoms with Gasteiger partial charge < -0.3 is 35.1 Å². The molecule has 2 heterocycles. The van der Waals surface area contributed by atoms with Gasteiger partial charge >= 0.3 is 0 Å². The number of nitrogens with zero attached hydrogens (tertiary/aromatic N) is 1. The predicted octanol–water partition coefficient (Wildman–Crippen LogP) is 1.64. The molecule has 1 aliphatic carbocycles. The zero-order valence-corrected chi connectivity index (χ0v) is 20.0. The number of hydrogen-bond donors (Lipinski definition) is 5. The number of aldehydes is 1. The van der Waals surface area contributed by atoms with Gasteiger partial charge in [-0.3, -0.25) is 19.5 Å². The number of carbonyl (C=O) groups excluding carboxylic acids is 3. The smallest absolute Gasteiger partial charge is 0.263 e. The molecule has 5 N–H and O–H groups in total. The zero-order valence-electron chi connectivity index (χ0n) is 20.0. The Labute approximate surface area is 204 Å². The lowest BCUT2D eigenvalue weighted by atomic mass is 10.2. The van der Waals surface area contributed by atoms with E-state index in [1.165, 1.54) is 57.5 Å². The number of aromatic amines is 1. The van der Waals surface area contributed by atoms with Crippen molar-refractivity contribution in [2.24, 2.45) is 0 Å². The molecule has 2 amide bonds. The summed E-state index contributed by atoms with van der Waals surface area (Å²) in [5.74, 6) is 0.0584. The summed E-state index contributed by atoms with van der Waals surface area (Å²) in [5, 5.41) is 28.0. The molecule has 194 valence electrons. The number of aromatic nitrogens is 2. The van der Waals surface area contributed by atoms with Crippen LogP contribution in [0.2, 0.25) is 0 Å². The average molecular weight is 495 g/mol. The fourth-order valence-corrected chi connectivity index (χ4v) is 2.91. The van der Waals surface area contributed by atoms with Crippen molar-refractivity contribution in [1.82, 2.24) is 15.5 Å². The molecule has 4 rings (SSSR count). The molecule has 0 bridgehead atoms. The van der Waals surface area contributed by atoms with Gasteiger partial charge in [-0.05, 0) is 0 Å². The van der Waals surface area contributed by atoms with Crippen molar-refractivity contribution in [2.75, 3.05) is 39.4 Å². The number of aliphatic hydroxyl groups excluding tert-OH is 1. The van der Waals surface area contributed by atoms with Crippen molar-refractivity contribution in [3.05, 3.63) is 30.0 Å². The number of phenols is 1. The molecule has 1 saturated heterocycles. The van der Waals surface area contributed by atoms with Crippen LogP contribution in [-0.2, 0) is 14.3 Å². The molecule has 2 aromatic rings. The summed E-state index contributed by atoms with van der Waals surface area (Å²) in [5.41, 5.74) is -0.0508. The lowest BCUT2D eigenvalue weighted by molar-refractivity contribution is -0.118. The first-order chi connectivity index (χ1) is 17.1. The molecule has 12 heteroatoms. The first-order valence-corrected chi connectivity index (χ1v) is 11.1. The van der Waals surface area contributed by atoms with E-state index >= 15 is 0 Å². The van der Waals surface area contributed by atoms with E-state index < -0.39 is 5.91 Å². The Morgan fingerprint density at radius 2 is 1.86 bits per heavy atom. The number of aliphatic hydroxyl groups is 1. The average Bonchev–Trinajstić information content (AvgIpc) is 3.59. The number of amides is 2. The standard InChI is InChI=1S/C13H13N3O5.C5H10.C4H7NO2.CH4O/c1-20-8-4-10(18)9(6-17)11(5-8)21-7-13(19)15-12-2-3-14-16-12;1-2-4-5-3-1;6-3-5-4-1-7-2-4;1-2/h2-6,18H,7H2,1H3,(H2,14,15,16,19);1-5H2;3-4H,1-2H2,(H,5,6);2H,1H3. The second-order valence-electron chi connectivity index (χ2n) is 7.27. The van der Waals surface area contributed by atoms with E-state index in [1.54, 1.807) is 6.07 Å². The molecule has 2 aliphatic rings. The third-order valence-corrected chi connectivity index (χ3v) is 4.77. The van der Waals surface area contributed by atoms with E-state index in [1.807, 2.05) is 0 Å². The van der Waals surface area contributed by atoms with Crippen LogP contribution in [0, 0.1) is 0 Å². The van der Waals surface area contributed by atoms with Gasteiger partial charge in [-0.15, -0.1) is 0 Å². The summed E-state index contributed by atoms with van der Waals surface area (Å²) in [6.07, 6.45) is 10.1.